The minimum Gasteiger partial charge on any atom is -0.352 e. The summed E-state index contributed by atoms with van der Waals surface area (Å²) >= 11 is 1.44. The SMILES string of the molecule is O=C(Cc1csc(N2CCCC2=O)n1)NC1CC1c1ccccc1. The molecule has 24 heavy (non-hydrogen) atoms. The summed E-state index contributed by atoms with van der Waals surface area (Å²) in [5.41, 5.74) is 2.02. The molecule has 2 heterocycles. The van der Waals surface area contributed by atoms with Crippen molar-refractivity contribution in [3.8, 4) is 0 Å². The quantitative estimate of drug-likeness (QED) is 0.909. The third kappa shape index (κ3) is 3.19. The predicted octanol–water partition coefficient (Wildman–Crippen LogP) is 2.48. The molecular weight excluding hydrogens is 322 g/mol. The number of nitrogens with one attached hydrogen (secondary N) is 1. The van der Waals surface area contributed by atoms with Gasteiger partial charge in [-0.1, -0.05) is 30.3 Å². The summed E-state index contributed by atoms with van der Waals surface area (Å²) in [7, 11) is 0. The average molecular weight is 341 g/mol. The van der Waals surface area contributed by atoms with Crippen LogP contribution in [0.25, 0.3) is 0 Å². The van der Waals surface area contributed by atoms with Crippen LogP contribution in [0.15, 0.2) is 35.7 Å². The Hall–Kier alpha value is -2.21. The van der Waals surface area contributed by atoms with E-state index in [-0.39, 0.29) is 24.3 Å². The average Bonchev–Trinajstić information content (AvgIpc) is 2.97. The molecule has 2 atom stereocenters. The topological polar surface area (TPSA) is 62.3 Å². The first-order valence-electron chi connectivity index (χ1n) is 8.30. The molecule has 0 radical (unpaired) electrons. The van der Waals surface area contributed by atoms with Gasteiger partial charge in [0.25, 0.3) is 0 Å². The lowest BCUT2D eigenvalue weighted by molar-refractivity contribution is -0.120. The molecule has 0 bridgehead atoms. The first kappa shape index (κ1) is 15.3. The van der Waals surface area contributed by atoms with E-state index in [1.165, 1.54) is 16.9 Å². The number of hydrogen-bond acceptors (Lipinski definition) is 4. The minimum absolute atomic E-state index is 0.00281. The van der Waals surface area contributed by atoms with E-state index in [4.69, 9.17) is 0 Å². The Morgan fingerprint density at radius 1 is 1.33 bits per heavy atom. The summed E-state index contributed by atoms with van der Waals surface area (Å²) in [6.45, 7) is 0.735. The zero-order chi connectivity index (χ0) is 16.5. The fraction of sp³-hybridized carbons (Fsp3) is 0.389. The van der Waals surface area contributed by atoms with Gasteiger partial charge >= 0.3 is 0 Å². The molecule has 1 aliphatic heterocycles. The Kier molecular flexibility index (Phi) is 4.06. The Labute approximate surface area is 144 Å². The summed E-state index contributed by atoms with van der Waals surface area (Å²) in [5, 5.41) is 5.68. The number of aromatic nitrogens is 1. The largest absolute Gasteiger partial charge is 0.352 e. The zero-order valence-electron chi connectivity index (χ0n) is 13.3. The van der Waals surface area contributed by atoms with Gasteiger partial charge in [-0.15, -0.1) is 11.3 Å². The number of carbonyl (C=O) groups is 2. The highest BCUT2D eigenvalue weighted by molar-refractivity contribution is 7.14. The molecule has 2 amide bonds. The van der Waals surface area contributed by atoms with Crippen LogP contribution >= 0.6 is 11.3 Å². The van der Waals surface area contributed by atoms with Crippen LogP contribution < -0.4 is 10.2 Å². The van der Waals surface area contributed by atoms with Gasteiger partial charge in [-0.2, -0.15) is 0 Å². The van der Waals surface area contributed by atoms with Gasteiger partial charge in [-0.25, -0.2) is 4.98 Å². The van der Waals surface area contributed by atoms with E-state index in [0.717, 1.165) is 25.1 Å². The molecule has 0 spiro atoms. The molecule has 2 aliphatic rings. The van der Waals surface area contributed by atoms with Gasteiger partial charge in [0.05, 0.1) is 12.1 Å². The lowest BCUT2D eigenvalue weighted by Gasteiger charge is -2.10. The van der Waals surface area contributed by atoms with E-state index < -0.39 is 0 Å². The molecule has 124 valence electrons. The smallest absolute Gasteiger partial charge is 0.228 e. The first-order chi connectivity index (χ1) is 11.7. The van der Waals surface area contributed by atoms with Gasteiger partial charge in [0.2, 0.25) is 11.8 Å². The number of benzene rings is 1. The van der Waals surface area contributed by atoms with Gasteiger partial charge in [0, 0.05) is 30.3 Å². The highest BCUT2D eigenvalue weighted by Gasteiger charge is 2.39. The van der Waals surface area contributed by atoms with E-state index >= 15 is 0 Å². The van der Waals surface area contributed by atoms with Crippen molar-refractivity contribution in [1.29, 1.82) is 0 Å². The molecule has 2 fully saturated rings. The van der Waals surface area contributed by atoms with Crippen molar-refractivity contribution in [3.05, 3.63) is 47.0 Å². The van der Waals surface area contributed by atoms with Crippen molar-refractivity contribution < 1.29 is 9.59 Å². The maximum atomic E-state index is 12.2. The van der Waals surface area contributed by atoms with Crippen LogP contribution in [-0.4, -0.2) is 29.4 Å². The standard InChI is InChI=1S/C18H19N3O2S/c22-16(20-15-10-14(15)12-5-2-1-3-6-12)9-13-11-24-18(19-13)21-8-4-7-17(21)23/h1-3,5-6,11,14-15H,4,7-10H2,(H,20,22). The number of thiazole rings is 1. The Balaban J connectivity index is 1.31. The minimum atomic E-state index is 0.00281. The van der Waals surface area contributed by atoms with E-state index in [0.29, 0.717) is 17.5 Å². The van der Waals surface area contributed by atoms with Crippen molar-refractivity contribution in [2.24, 2.45) is 0 Å². The van der Waals surface area contributed by atoms with Crippen molar-refractivity contribution in [2.75, 3.05) is 11.4 Å². The van der Waals surface area contributed by atoms with E-state index in [9.17, 15) is 9.59 Å². The van der Waals surface area contributed by atoms with Crippen molar-refractivity contribution >= 4 is 28.3 Å². The number of carbonyl (C=O) groups excluding carboxylic acids is 2. The summed E-state index contributed by atoms with van der Waals surface area (Å²) < 4.78 is 0. The van der Waals surface area contributed by atoms with Gasteiger partial charge in [-0.3, -0.25) is 14.5 Å². The lowest BCUT2D eigenvalue weighted by atomic mass is 10.1. The van der Waals surface area contributed by atoms with Crippen LogP contribution in [0.3, 0.4) is 0 Å². The Bertz CT molecular complexity index is 759. The van der Waals surface area contributed by atoms with Gasteiger partial charge < -0.3 is 5.32 Å². The first-order valence-corrected chi connectivity index (χ1v) is 9.18. The van der Waals surface area contributed by atoms with Crippen LogP contribution in [0.1, 0.15) is 36.4 Å². The molecule has 5 nitrogen and oxygen atoms in total. The van der Waals surface area contributed by atoms with E-state index in [2.05, 4.69) is 22.4 Å². The molecule has 2 unspecified atom stereocenters. The molecule has 1 saturated carbocycles. The number of anilines is 1. The maximum Gasteiger partial charge on any atom is 0.228 e. The normalized spacial score (nSPS) is 22.7. The zero-order valence-corrected chi connectivity index (χ0v) is 14.1. The molecule has 1 N–H and O–H groups in total. The third-order valence-corrected chi connectivity index (χ3v) is 5.46. The van der Waals surface area contributed by atoms with Crippen molar-refractivity contribution in [2.45, 2.75) is 37.6 Å². The van der Waals surface area contributed by atoms with Gasteiger partial charge in [0.1, 0.15) is 0 Å². The number of amides is 2. The molecule has 1 aromatic heterocycles. The molecular formula is C18H19N3O2S. The molecule has 1 saturated heterocycles. The Morgan fingerprint density at radius 2 is 2.17 bits per heavy atom. The van der Waals surface area contributed by atoms with E-state index in [1.54, 1.807) is 4.90 Å². The molecule has 1 aliphatic carbocycles. The highest BCUT2D eigenvalue weighted by atomic mass is 32.1. The number of hydrogen-bond donors (Lipinski definition) is 1. The third-order valence-electron chi connectivity index (χ3n) is 4.55. The fourth-order valence-electron chi connectivity index (χ4n) is 3.20. The van der Waals surface area contributed by atoms with Crippen LogP contribution in [-0.2, 0) is 16.0 Å². The molecule has 4 rings (SSSR count). The van der Waals surface area contributed by atoms with Gasteiger partial charge in [0.15, 0.2) is 5.13 Å². The van der Waals surface area contributed by atoms with Crippen molar-refractivity contribution in [1.82, 2.24) is 10.3 Å². The number of rotatable bonds is 5. The monoisotopic (exact) mass is 341 g/mol. The second-order valence-electron chi connectivity index (χ2n) is 6.37. The summed E-state index contributed by atoms with van der Waals surface area (Å²) in [6.07, 6.45) is 2.76. The van der Waals surface area contributed by atoms with Crippen molar-refractivity contribution in [3.63, 3.8) is 0 Å². The summed E-state index contributed by atoms with van der Waals surface area (Å²) in [6, 6.07) is 10.5. The molecule has 6 heteroatoms. The second-order valence-corrected chi connectivity index (χ2v) is 7.21. The fourth-order valence-corrected chi connectivity index (χ4v) is 4.07. The predicted molar refractivity (Wildman–Crippen MR) is 93.1 cm³/mol. The molecule has 2 aromatic rings. The highest BCUT2D eigenvalue weighted by Crippen LogP contribution is 2.40. The van der Waals surface area contributed by atoms with Crippen LogP contribution in [0, 0.1) is 0 Å². The molecule has 1 aromatic carbocycles. The second kappa shape index (κ2) is 6.36. The van der Waals surface area contributed by atoms with E-state index in [1.807, 2.05) is 23.6 Å². The summed E-state index contributed by atoms with van der Waals surface area (Å²) in [4.78, 5) is 30.1. The van der Waals surface area contributed by atoms with Crippen LogP contribution in [0.5, 0.6) is 0 Å². The van der Waals surface area contributed by atoms with Crippen LogP contribution in [0.4, 0.5) is 5.13 Å². The maximum absolute atomic E-state index is 12.2. The summed E-state index contributed by atoms with van der Waals surface area (Å²) in [5.74, 6) is 0.565. The lowest BCUT2D eigenvalue weighted by Crippen LogP contribution is -2.28. The Morgan fingerprint density at radius 3 is 2.92 bits per heavy atom. The van der Waals surface area contributed by atoms with Gasteiger partial charge in [-0.05, 0) is 18.4 Å². The number of nitrogens with zero attached hydrogens (tertiary/aromatic N) is 2. The van der Waals surface area contributed by atoms with Crippen LogP contribution in [0.2, 0.25) is 0 Å².